The maximum atomic E-state index is 12.7. The predicted molar refractivity (Wildman–Crippen MR) is 168 cm³/mol. The van der Waals surface area contributed by atoms with Crippen LogP contribution in [0.5, 0.6) is 0 Å². The van der Waals surface area contributed by atoms with Gasteiger partial charge in [0.15, 0.2) is 24.8 Å². The van der Waals surface area contributed by atoms with Crippen LogP contribution in [0.1, 0.15) is 37.5 Å². The monoisotopic (exact) mass is 646 g/mol. The zero-order chi connectivity index (χ0) is 32.8. The number of ether oxygens (including phenoxy) is 8. The first kappa shape index (κ1) is 33.3. The molecular formula is C37H42O10. The fourth-order valence-electron chi connectivity index (χ4n) is 6.32. The molecule has 0 radical (unpaired) electrons. The van der Waals surface area contributed by atoms with Crippen molar-refractivity contribution in [3.63, 3.8) is 0 Å². The smallest absolute Gasteiger partial charge is 0.336 e. The molecule has 10 heteroatoms. The van der Waals surface area contributed by atoms with E-state index in [0.29, 0.717) is 6.61 Å². The molecule has 0 N–H and O–H groups in total. The molecule has 3 heterocycles. The summed E-state index contributed by atoms with van der Waals surface area (Å²) in [5.74, 6) is -1.64. The fourth-order valence-corrected chi connectivity index (χ4v) is 6.32. The molecule has 0 aromatic heterocycles. The van der Waals surface area contributed by atoms with Crippen LogP contribution >= 0.6 is 0 Å². The van der Waals surface area contributed by atoms with Crippen molar-refractivity contribution < 1.29 is 47.5 Å². The van der Waals surface area contributed by atoms with Gasteiger partial charge in [0.1, 0.15) is 12.2 Å². The van der Waals surface area contributed by atoms with E-state index in [9.17, 15) is 9.59 Å². The summed E-state index contributed by atoms with van der Waals surface area (Å²) in [6.07, 6.45) is -6.31. The molecule has 0 amide bonds. The first-order valence-electron chi connectivity index (χ1n) is 16.1. The van der Waals surface area contributed by atoms with Crippen LogP contribution in [-0.2, 0) is 67.3 Å². The summed E-state index contributed by atoms with van der Waals surface area (Å²) in [7, 11) is 0. The minimum absolute atomic E-state index is 0.259. The van der Waals surface area contributed by atoms with Crippen molar-refractivity contribution in [1.29, 1.82) is 0 Å². The summed E-state index contributed by atoms with van der Waals surface area (Å²) in [6.45, 7) is 6.35. The van der Waals surface area contributed by atoms with Gasteiger partial charge < -0.3 is 37.9 Å². The van der Waals surface area contributed by atoms with E-state index < -0.39 is 61.1 Å². The van der Waals surface area contributed by atoms with E-state index >= 15 is 0 Å². The molecule has 3 aliphatic heterocycles. The van der Waals surface area contributed by atoms with E-state index in [-0.39, 0.29) is 31.7 Å². The lowest BCUT2D eigenvalue weighted by Crippen LogP contribution is -2.61. The molecule has 47 heavy (non-hydrogen) atoms. The number of hydrogen-bond donors (Lipinski definition) is 0. The predicted octanol–water partition coefficient (Wildman–Crippen LogP) is 4.97. The highest BCUT2D eigenvalue weighted by atomic mass is 16.8. The number of hydrogen-bond acceptors (Lipinski definition) is 10. The highest BCUT2D eigenvalue weighted by molar-refractivity contribution is 5.78. The molecule has 3 fully saturated rings. The summed E-state index contributed by atoms with van der Waals surface area (Å²) in [6, 6.07) is 29.5. The molecule has 0 spiro atoms. The van der Waals surface area contributed by atoms with Gasteiger partial charge in [-0.05, 0) is 16.7 Å². The summed E-state index contributed by atoms with van der Waals surface area (Å²) in [4.78, 5) is 24.9. The summed E-state index contributed by atoms with van der Waals surface area (Å²) >= 11 is 0. The van der Waals surface area contributed by atoms with Crippen LogP contribution < -0.4 is 0 Å². The lowest BCUT2D eigenvalue weighted by molar-refractivity contribution is -0.346. The highest BCUT2D eigenvalue weighted by Gasteiger charge is 2.58. The van der Waals surface area contributed by atoms with Gasteiger partial charge in [0, 0.05) is 18.8 Å². The van der Waals surface area contributed by atoms with E-state index in [1.165, 1.54) is 6.92 Å². The summed E-state index contributed by atoms with van der Waals surface area (Å²) in [5.41, 5.74) is 2.98. The molecule has 3 aliphatic rings. The molecule has 10 atom stereocenters. The Labute approximate surface area is 275 Å². The standard InChI is InChI=1S/C37H42O10/c1-23-29(22-40-19-26-13-7-4-8-14-26)44-36(42-21-28-17-11-6-12-18-28)33(41-20-27-15-9-5-10-16-27)30(23)46-37-34(43-25(3)38)31-24(2)32(47-37)35(39)45-31/h4-18,23-24,29-34,36-37H,19-22H2,1-3H3/t23-,24-,29?,30-,31?,32?,33?,34-,36+,37+/m0/s1. The Morgan fingerprint density at radius 2 is 1.26 bits per heavy atom. The normalized spacial score (nSPS) is 31.7. The van der Waals surface area contributed by atoms with E-state index in [2.05, 4.69) is 0 Å². The van der Waals surface area contributed by atoms with Crippen LogP contribution in [0.3, 0.4) is 0 Å². The molecular weight excluding hydrogens is 604 g/mol. The Kier molecular flexibility index (Phi) is 11.0. The van der Waals surface area contributed by atoms with Crippen molar-refractivity contribution >= 4 is 11.9 Å². The lowest BCUT2D eigenvalue weighted by Gasteiger charge is -2.47. The zero-order valence-corrected chi connectivity index (χ0v) is 26.8. The largest absolute Gasteiger partial charge is 0.456 e. The average molecular weight is 647 g/mol. The second kappa shape index (κ2) is 15.5. The third-order valence-electron chi connectivity index (χ3n) is 8.89. The van der Waals surface area contributed by atoms with Crippen molar-refractivity contribution in [3.8, 4) is 0 Å². The van der Waals surface area contributed by atoms with Crippen molar-refractivity contribution in [1.82, 2.24) is 0 Å². The van der Waals surface area contributed by atoms with Crippen LogP contribution in [0.4, 0.5) is 0 Å². The molecule has 3 saturated heterocycles. The highest BCUT2D eigenvalue weighted by Crippen LogP contribution is 2.40. The molecule has 2 bridgehead atoms. The second-order valence-corrected chi connectivity index (χ2v) is 12.3. The molecule has 0 aliphatic carbocycles. The van der Waals surface area contributed by atoms with Crippen LogP contribution in [0, 0.1) is 11.8 Å². The lowest BCUT2D eigenvalue weighted by atomic mass is 9.89. The van der Waals surface area contributed by atoms with Gasteiger partial charge in [0.25, 0.3) is 0 Å². The molecule has 3 aromatic carbocycles. The quantitative estimate of drug-likeness (QED) is 0.236. The second-order valence-electron chi connectivity index (χ2n) is 12.3. The van der Waals surface area contributed by atoms with Crippen molar-refractivity contribution in [2.45, 2.75) is 89.8 Å². The van der Waals surface area contributed by atoms with E-state index in [0.717, 1.165) is 16.7 Å². The number of benzene rings is 3. The van der Waals surface area contributed by atoms with Gasteiger partial charge in [0.2, 0.25) is 0 Å². The van der Waals surface area contributed by atoms with Crippen LogP contribution in [0.25, 0.3) is 0 Å². The van der Waals surface area contributed by atoms with E-state index in [4.69, 9.17) is 37.9 Å². The van der Waals surface area contributed by atoms with Gasteiger partial charge in [-0.15, -0.1) is 0 Å². The van der Waals surface area contributed by atoms with Gasteiger partial charge in [-0.25, -0.2) is 4.79 Å². The minimum atomic E-state index is -1.09. The Balaban J connectivity index is 1.28. The molecule has 250 valence electrons. The Hall–Kier alpha value is -3.64. The van der Waals surface area contributed by atoms with Crippen LogP contribution in [0.2, 0.25) is 0 Å². The average Bonchev–Trinajstić information content (AvgIpc) is 3.28. The Morgan fingerprint density at radius 1 is 0.681 bits per heavy atom. The molecule has 0 saturated carbocycles. The summed E-state index contributed by atoms with van der Waals surface area (Å²) in [5, 5.41) is 0. The minimum Gasteiger partial charge on any atom is -0.456 e. The van der Waals surface area contributed by atoms with Gasteiger partial charge in [-0.2, -0.15) is 0 Å². The number of fused-ring (bicyclic) bond motifs is 2. The molecule has 6 rings (SSSR count). The van der Waals surface area contributed by atoms with E-state index in [1.54, 1.807) is 0 Å². The first-order valence-corrected chi connectivity index (χ1v) is 16.1. The number of carbonyl (C=O) groups excluding carboxylic acids is 2. The van der Waals surface area contributed by atoms with Gasteiger partial charge in [-0.3, -0.25) is 4.79 Å². The zero-order valence-electron chi connectivity index (χ0n) is 26.8. The van der Waals surface area contributed by atoms with Gasteiger partial charge in [0.05, 0.1) is 38.6 Å². The fraction of sp³-hybridized carbons (Fsp3) is 0.459. The maximum Gasteiger partial charge on any atom is 0.336 e. The Bertz CT molecular complexity index is 1440. The number of rotatable bonds is 13. The van der Waals surface area contributed by atoms with Gasteiger partial charge in [-0.1, -0.05) is 105 Å². The van der Waals surface area contributed by atoms with E-state index in [1.807, 2.05) is 105 Å². The SMILES string of the molecule is CC(=O)O[C@H]1C2OC(=O)C(O[C@H]1O[C@@H]1C(OCc3ccccc3)[C@H](OCc3ccccc3)OC(COCc3ccccc3)[C@@H]1C)[C@H]2C. The molecule has 10 nitrogen and oxygen atoms in total. The molecule has 3 aromatic rings. The third-order valence-corrected chi connectivity index (χ3v) is 8.89. The topological polar surface area (TPSA) is 108 Å². The van der Waals surface area contributed by atoms with Crippen LogP contribution in [0.15, 0.2) is 91.0 Å². The molecule has 4 unspecified atom stereocenters. The third kappa shape index (κ3) is 8.09. The maximum absolute atomic E-state index is 12.7. The number of esters is 2. The summed E-state index contributed by atoms with van der Waals surface area (Å²) < 4.78 is 49.9. The van der Waals surface area contributed by atoms with Crippen molar-refractivity contribution in [2.75, 3.05) is 6.61 Å². The Morgan fingerprint density at radius 3 is 1.85 bits per heavy atom. The number of carbonyl (C=O) groups is 2. The van der Waals surface area contributed by atoms with Crippen molar-refractivity contribution in [2.24, 2.45) is 11.8 Å². The van der Waals surface area contributed by atoms with Crippen LogP contribution in [-0.4, -0.2) is 67.7 Å². The first-order chi connectivity index (χ1) is 22.9. The van der Waals surface area contributed by atoms with Gasteiger partial charge >= 0.3 is 11.9 Å². The van der Waals surface area contributed by atoms with Crippen molar-refractivity contribution in [3.05, 3.63) is 108 Å².